The molecule has 0 bridgehead atoms. The molecule has 25 heavy (non-hydrogen) atoms. The van der Waals surface area contributed by atoms with Crippen molar-refractivity contribution in [2.24, 2.45) is 0 Å². The molecule has 0 radical (unpaired) electrons. The summed E-state index contributed by atoms with van der Waals surface area (Å²) in [6, 6.07) is 17.9. The molecule has 0 unspecified atom stereocenters. The van der Waals surface area contributed by atoms with Crippen LogP contribution in [0.4, 0.5) is 0 Å². The molecule has 3 aromatic rings. The smallest absolute Gasteiger partial charge is 0.218 e. The zero-order valence-electron chi connectivity index (χ0n) is 14.0. The van der Waals surface area contributed by atoms with Crippen LogP contribution in [-0.4, -0.2) is 16.7 Å². The van der Waals surface area contributed by atoms with E-state index < -0.39 is 0 Å². The Labute approximate surface area is 147 Å². The minimum absolute atomic E-state index is 0.214. The van der Waals surface area contributed by atoms with Gasteiger partial charge in [0.05, 0.1) is 0 Å². The van der Waals surface area contributed by atoms with Crippen LogP contribution in [0.2, 0.25) is 0 Å². The van der Waals surface area contributed by atoms with Gasteiger partial charge < -0.3 is 14.3 Å². The second-order valence-corrected chi connectivity index (χ2v) is 5.68. The monoisotopic (exact) mass is 335 g/mol. The number of oxazole rings is 1. The molecule has 4 heteroatoms. The van der Waals surface area contributed by atoms with E-state index in [1.165, 1.54) is 5.56 Å². The minimum atomic E-state index is 0.214. The molecule has 4 nitrogen and oxygen atoms in total. The summed E-state index contributed by atoms with van der Waals surface area (Å²) in [5, 5.41) is 8.85. The number of nitrogens with zero attached hydrogens (tertiary/aromatic N) is 1. The zero-order valence-corrected chi connectivity index (χ0v) is 14.0. The average molecular weight is 335 g/mol. The molecule has 0 spiro atoms. The average Bonchev–Trinajstić information content (AvgIpc) is 3.13. The maximum absolute atomic E-state index is 8.85. The number of aryl methyl sites for hydroxylation is 1. The topological polar surface area (TPSA) is 55.5 Å². The summed E-state index contributed by atoms with van der Waals surface area (Å²) in [7, 11) is 0. The fourth-order valence-corrected chi connectivity index (χ4v) is 2.39. The second-order valence-electron chi connectivity index (χ2n) is 5.68. The van der Waals surface area contributed by atoms with Gasteiger partial charge in [-0.05, 0) is 42.2 Å². The number of aliphatic hydroxyl groups is 1. The predicted molar refractivity (Wildman–Crippen MR) is 98.1 cm³/mol. The quantitative estimate of drug-likeness (QED) is 0.665. The molecule has 0 saturated heterocycles. The summed E-state index contributed by atoms with van der Waals surface area (Å²) in [5.74, 6) is 1.35. The first-order valence-electron chi connectivity index (χ1n) is 8.33. The van der Waals surface area contributed by atoms with Gasteiger partial charge >= 0.3 is 0 Å². The normalized spacial score (nSPS) is 11.1. The Kier molecular flexibility index (Phi) is 6.01. The maximum atomic E-state index is 8.85. The minimum Gasteiger partial charge on any atom is -0.487 e. The second kappa shape index (κ2) is 8.85. The number of rotatable bonds is 8. The lowest BCUT2D eigenvalue weighted by atomic mass is 10.1. The van der Waals surface area contributed by atoms with Crippen LogP contribution >= 0.6 is 0 Å². The molecule has 0 aliphatic heterocycles. The first kappa shape index (κ1) is 17.0. The molecule has 0 fully saturated rings. The highest BCUT2D eigenvalue weighted by Gasteiger charge is 2.03. The number of hydrogen-bond acceptors (Lipinski definition) is 4. The Balaban J connectivity index is 1.52. The van der Waals surface area contributed by atoms with Crippen LogP contribution in [0, 0.1) is 0 Å². The summed E-state index contributed by atoms with van der Waals surface area (Å²) in [6.45, 7) is 0.574. The van der Waals surface area contributed by atoms with Crippen molar-refractivity contribution in [3.8, 4) is 5.75 Å². The Hall–Kier alpha value is -2.85. The van der Waals surface area contributed by atoms with E-state index in [0.29, 0.717) is 12.5 Å². The van der Waals surface area contributed by atoms with Crippen molar-refractivity contribution in [2.75, 3.05) is 6.61 Å². The third-order valence-corrected chi connectivity index (χ3v) is 3.72. The van der Waals surface area contributed by atoms with Crippen molar-refractivity contribution in [1.82, 2.24) is 4.98 Å². The van der Waals surface area contributed by atoms with E-state index in [1.807, 2.05) is 66.7 Å². The van der Waals surface area contributed by atoms with Crippen molar-refractivity contribution in [3.63, 3.8) is 0 Å². The van der Waals surface area contributed by atoms with Gasteiger partial charge in [-0.15, -0.1) is 0 Å². The predicted octanol–water partition coefficient (Wildman–Crippen LogP) is 4.35. The number of benzene rings is 2. The van der Waals surface area contributed by atoms with Gasteiger partial charge in [-0.3, -0.25) is 0 Å². The lowest BCUT2D eigenvalue weighted by Gasteiger charge is -2.05. The molecular formula is C21H21NO3. The van der Waals surface area contributed by atoms with Crippen LogP contribution in [0.1, 0.15) is 29.1 Å². The van der Waals surface area contributed by atoms with E-state index >= 15 is 0 Å². The summed E-state index contributed by atoms with van der Waals surface area (Å²) < 4.78 is 11.2. The van der Waals surface area contributed by atoms with Crippen LogP contribution in [-0.2, 0) is 13.0 Å². The maximum Gasteiger partial charge on any atom is 0.218 e. The number of hydrogen-bond donors (Lipinski definition) is 1. The molecule has 0 saturated carbocycles. The first-order chi connectivity index (χ1) is 12.3. The largest absolute Gasteiger partial charge is 0.487 e. The van der Waals surface area contributed by atoms with Crippen molar-refractivity contribution >= 4 is 12.2 Å². The SMILES string of the molecule is OCCCc1ccc(OCc2coc(/C=C/c3ccccc3)n2)cc1. The van der Waals surface area contributed by atoms with E-state index in [-0.39, 0.29) is 6.61 Å². The summed E-state index contributed by atoms with van der Waals surface area (Å²) >= 11 is 0. The molecule has 2 aromatic carbocycles. The molecule has 0 atom stereocenters. The Morgan fingerprint density at radius 1 is 1.00 bits per heavy atom. The van der Waals surface area contributed by atoms with Crippen molar-refractivity contribution < 1.29 is 14.3 Å². The van der Waals surface area contributed by atoms with Gasteiger partial charge in [0.1, 0.15) is 24.3 Å². The lowest BCUT2D eigenvalue weighted by molar-refractivity contribution is 0.288. The third-order valence-electron chi connectivity index (χ3n) is 3.72. The van der Waals surface area contributed by atoms with Crippen molar-refractivity contribution in [1.29, 1.82) is 0 Å². The standard InChI is InChI=1S/C21H21NO3/c23-14-4-7-18-8-11-20(12-9-18)24-15-19-16-25-21(22-19)13-10-17-5-2-1-3-6-17/h1-3,5-6,8-13,16,23H,4,7,14-15H2/b13-10+. The number of ether oxygens (including phenoxy) is 1. The highest BCUT2D eigenvalue weighted by Crippen LogP contribution is 2.16. The summed E-state index contributed by atoms with van der Waals surface area (Å²) in [4.78, 5) is 4.39. The fraction of sp³-hybridized carbons (Fsp3) is 0.190. The van der Waals surface area contributed by atoms with Crippen LogP contribution in [0.3, 0.4) is 0 Å². The highest BCUT2D eigenvalue weighted by molar-refractivity contribution is 5.65. The lowest BCUT2D eigenvalue weighted by Crippen LogP contribution is -1.96. The van der Waals surface area contributed by atoms with Gasteiger partial charge in [0, 0.05) is 12.7 Å². The zero-order chi connectivity index (χ0) is 17.3. The van der Waals surface area contributed by atoms with Gasteiger partial charge in [0.15, 0.2) is 0 Å². The van der Waals surface area contributed by atoms with Crippen LogP contribution in [0.5, 0.6) is 5.75 Å². The fourth-order valence-electron chi connectivity index (χ4n) is 2.39. The van der Waals surface area contributed by atoms with E-state index in [1.54, 1.807) is 6.26 Å². The molecule has 1 N–H and O–H groups in total. The Morgan fingerprint density at radius 2 is 1.80 bits per heavy atom. The van der Waals surface area contributed by atoms with Gasteiger partial charge in [0.2, 0.25) is 5.89 Å². The van der Waals surface area contributed by atoms with Gasteiger partial charge in [-0.1, -0.05) is 42.5 Å². The van der Waals surface area contributed by atoms with Gasteiger partial charge in [-0.2, -0.15) is 0 Å². The van der Waals surface area contributed by atoms with Crippen LogP contribution < -0.4 is 4.74 Å². The number of aliphatic hydroxyl groups excluding tert-OH is 1. The molecule has 0 aliphatic rings. The molecular weight excluding hydrogens is 314 g/mol. The van der Waals surface area contributed by atoms with E-state index in [2.05, 4.69) is 4.98 Å². The molecule has 128 valence electrons. The molecule has 0 amide bonds. The van der Waals surface area contributed by atoms with Crippen LogP contribution in [0.25, 0.3) is 12.2 Å². The molecule has 1 heterocycles. The molecule has 1 aromatic heterocycles. The Bertz CT molecular complexity index is 792. The summed E-state index contributed by atoms with van der Waals surface area (Å²) in [5.41, 5.74) is 3.04. The van der Waals surface area contributed by atoms with Gasteiger partial charge in [-0.25, -0.2) is 4.98 Å². The Morgan fingerprint density at radius 3 is 2.56 bits per heavy atom. The van der Waals surface area contributed by atoms with E-state index in [4.69, 9.17) is 14.3 Å². The van der Waals surface area contributed by atoms with E-state index in [0.717, 1.165) is 29.8 Å². The highest BCUT2D eigenvalue weighted by atomic mass is 16.5. The van der Waals surface area contributed by atoms with Gasteiger partial charge in [0.25, 0.3) is 0 Å². The molecule has 3 rings (SSSR count). The van der Waals surface area contributed by atoms with E-state index in [9.17, 15) is 0 Å². The number of aromatic nitrogens is 1. The first-order valence-corrected chi connectivity index (χ1v) is 8.33. The van der Waals surface area contributed by atoms with Crippen molar-refractivity contribution in [2.45, 2.75) is 19.4 Å². The third kappa shape index (κ3) is 5.33. The van der Waals surface area contributed by atoms with Crippen LogP contribution in [0.15, 0.2) is 65.3 Å². The molecule has 0 aliphatic carbocycles. The summed E-state index contributed by atoms with van der Waals surface area (Å²) in [6.07, 6.45) is 7.06. The van der Waals surface area contributed by atoms with Crippen molar-refractivity contribution in [3.05, 3.63) is 83.6 Å².